The van der Waals surface area contributed by atoms with Gasteiger partial charge in [0.05, 0.1) is 12.3 Å². The van der Waals surface area contributed by atoms with Crippen molar-refractivity contribution in [3.8, 4) is 5.69 Å². The summed E-state index contributed by atoms with van der Waals surface area (Å²) in [6.07, 6.45) is -4.22. The predicted molar refractivity (Wildman–Crippen MR) is 72.8 cm³/mol. The highest BCUT2D eigenvalue weighted by atomic mass is 19.1. The van der Waals surface area contributed by atoms with Crippen LogP contribution in [0.2, 0.25) is 0 Å². The maximum Gasteiger partial charge on any atom is 0.182 e. The lowest BCUT2D eigenvalue weighted by Crippen LogP contribution is -2.32. The van der Waals surface area contributed by atoms with Crippen molar-refractivity contribution in [3.63, 3.8) is 0 Å². The van der Waals surface area contributed by atoms with E-state index in [1.165, 1.54) is 16.8 Å². The third-order valence-corrected chi connectivity index (χ3v) is 3.65. The lowest BCUT2D eigenvalue weighted by Gasteiger charge is -2.10. The Balaban J connectivity index is 1.91. The minimum absolute atomic E-state index is 0.198. The number of nitrogens with zero attached hydrogens (tertiary/aromatic N) is 3. The zero-order chi connectivity index (χ0) is 15.9. The van der Waals surface area contributed by atoms with E-state index in [9.17, 15) is 14.6 Å². The van der Waals surface area contributed by atoms with Crippen molar-refractivity contribution in [1.82, 2.24) is 14.8 Å². The lowest BCUT2D eigenvalue weighted by atomic mass is 10.1. The van der Waals surface area contributed by atoms with Crippen LogP contribution in [-0.2, 0) is 4.74 Å². The van der Waals surface area contributed by atoms with Gasteiger partial charge in [-0.2, -0.15) is 0 Å². The predicted octanol–water partition coefficient (Wildman–Crippen LogP) is -0.131. The molecule has 4 atom stereocenters. The fourth-order valence-corrected chi connectivity index (χ4v) is 2.47. The van der Waals surface area contributed by atoms with Gasteiger partial charge in [-0.25, -0.2) is 14.1 Å². The molecule has 1 fully saturated rings. The average Bonchev–Trinajstić information content (AvgIpc) is 3.02. The molecule has 8 heteroatoms. The number of hydrogen-bond acceptors (Lipinski definition) is 6. The van der Waals surface area contributed by atoms with Crippen LogP contribution in [0, 0.1) is 12.7 Å². The number of aliphatic hydroxyl groups is 3. The van der Waals surface area contributed by atoms with Crippen molar-refractivity contribution in [1.29, 1.82) is 0 Å². The molecule has 22 heavy (non-hydrogen) atoms. The Bertz CT molecular complexity index is 661. The van der Waals surface area contributed by atoms with Gasteiger partial charge in [0.15, 0.2) is 5.82 Å². The summed E-state index contributed by atoms with van der Waals surface area (Å²) in [5.41, 5.74) is 0.615. The molecule has 2 heterocycles. The van der Waals surface area contributed by atoms with Crippen LogP contribution in [0.15, 0.2) is 24.3 Å². The first-order valence-corrected chi connectivity index (χ1v) is 6.83. The van der Waals surface area contributed by atoms with E-state index in [0.29, 0.717) is 11.5 Å². The Morgan fingerprint density at radius 3 is 2.50 bits per heavy atom. The second kappa shape index (κ2) is 5.73. The van der Waals surface area contributed by atoms with E-state index in [1.807, 2.05) is 0 Å². The van der Waals surface area contributed by atoms with Gasteiger partial charge in [-0.05, 0) is 31.2 Å². The van der Waals surface area contributed by atoms with E-state index >= 15 is 0 Å². The summed E-state index contributed by atoms with van der Waals surface area (Å²) >= 11 is 0. The first-order chi connectivity index (χ1) is 10.5. The molecule has 0 aliphatic carbocycles. The molecule has 1 aliphatic rings. The number of rotatable bonds is 3. The van der Waals surface area contributed by atoms with Crippen molar-refractivity contribution in [2.24, 2.45) is 0 Å². The number of aryl methyl sites for hydroxylation is 1. The van der Waals surface area contributed by atoms with Crippen molar-refractivity contribution in [2.75, 3.05) is 6.61 Å². The molecule has 1 aromatic heterocycles. The molecule has 3 N–H and O–H groups in total. The SMILES string of the molecule is Cc1nc([C@@H]2O[C@H](CO)[C@@H](O)[C@H]2O)nn1-c1ccc(F)cc1. The van der Waals surface area contributed by atoms with E-state index in [1.54, 1.807) is 19.1 Å². The Hall–Kier alpha value is -1.87. The monoisotopic (exact) mass is 309 g/mol. The molecule has 1 aliphatic heterocycles. The quantitative estimate of drug-likeness (QED) is 0.730. The number of aliphatic hydroxyl groups excluding tert-OH is 3. The van der Waals surface area contributed by atoms with E-state index in [0.717, 1.165) is 0 Å². The fourth-order valence-electron chi connectivity index (χ4n) is 2.47. The molecule has 0 saturated carbocycles. The van der Waals surface area contributed by atoms with Crippen LogP contribution < -0.4 is 0 Å². The third kappa shape index (κ3) is 2.50. The summed E-state index contributed by atoms with van der Waals surface area (Å²) in [4.78, 5) is 4.23. The molecule has 0 bridgehead atoms. The van der Waals surface area contributed by atoms with E-state index in [-0.39, 0.29) is 11.6 Å². The first kappa shape index (κ1) is 15.0. The number of aromatic nitrogens is 3. The molecule has 0 spiro atoms. The van der Waals surface area contributed by atoms with Gasteiger partial charge in [-0.1, -0.05) is 0 Å². The number of benzene rings is 1. The van der Waals surface area contributed by atoms with Crippen LogP contribution in [0.1, 0.15) is 17.8 Å². The highest BCUT2D eigenvalue weighted by molar-refractivity contribution is 5.31. The molecule has 7 nitrogen and oxygen atoms in total. The maximum atomic E-state index is 13.0. The second-order valence-corrected chi connectivity index (χ2v) is 5.16. The van der Waals surface area contributed by atoms with Gasteiger partial charge in [-0.15, -0.1) is 5.10 Å². The van der Waals surface area contributed by atoms with Crippen LogP contribution in [0.5, 0.6) is 0 Å². The molecule has 3 rings (SSSR count). The Kier molecular flexibility index (Phi) is 3.92. The second-order valence-electron chi connectivity index (χ2n) is 5.16. The van der Waals surface area contributed by atoms with Gasteiger partial charge >= 0.3 is 0 Å². The van der Waals surface area contributed by atoms with Gasteiger partial charge in [0, 0.05) is 0 Å². The Morgan fingerprint density at radius 1 is 1.23 bits per heavy atom. The molecule has 0 unspecified atom stereocenters. The topological polar surface area (TPSA) is 101 Å². The highest BCUT2D eigenvalue weighted by Crippen LogP contribution is 2.32. The van der Waals surface area contributed by atoms with Gasteiger partial charge in [0.1, 0.15) is 36.1 Å². The normalized spacial score (nSPS) is 28.2. The third-order valence-electron chi connectivity index (χ3n) is 3.65. The van der Waals surface area contributed by atoms with Crippen LogP contribution in [0.3, 0.4) is 0 Å². The van der Waals surface area contributed by atoms with E-state index in [2.05, 4.69) is 10.1 Å². The molecule has 2 aromatic rings. The van der Waals surface area contributed by atoms with Crippen LogP contribution in [-0.4, -0.2) is 55.0 Å². The summed E-state index contributed by atoms with van der Waals surface area (Å²) in [6, 6.07) is 5.72. The van der Waals surface area contributed by atoms with Crippen molar-refractivity contribution in [2.45, 2.75) is 31.3 Å². The summed E-state index contributed by atoms with van der Waals surface area (Å²) < 4.78 is 19.9. The van der Waals surface area contributed by atoms with Crippen molar-refractivity contribution in [3.05, 3.63) is 41.7 Å². The summed E-state index contributed by atoms with van der Waals surface area (Å²) in [5.74, 6) is 0.369. The zero-order valence-electron chi connectivity index (χ0n) is 11.8. The van der Waals surface area contributed by atoms with E-state index in [4.69, 9.17) is 9.84 Å². The summed E-state index contributed by atoms with van der Waals surface area (Å²) in [7, 11) is 0. The Labute approximate surface area is 125 Å². The van der Waals surface area contributed by atoms with Gasteiger partial charge in [0.2, 0.25) is 0 Å². The standard InChI is InChI=1S/C14H16FN3O4/c1-7-16-14(13-12(21)11(20)10(6-19)22-13)17-18(7)9-4-2-8(15)3-5-9/h2-5,10-13,19-21H,6H2,1H3/t10-,11-,12-,13-/m1/s1. The van der Waals surface area contributed by atoms with Gasteiger partial charge in [0.25, 0.3) is 0 Å². The highest BCUT2D eigenvalue weighted by Gasteiger charge is 2.45. The first-order valence-electron chi connectivity index (χ1n) is 6.83. The molecule has 0 amide bonds. The number of hydrogen-bond donors (Lipinski definition) is 3. The molecule has 118 valence electrons. The van der Waals surface area contributed by atoms with Crippen LogP contribution in [0.4, 0.5) is 4.39 Å². The molecular weight excluding hydrogens is 293 g/mol. The summed E-state index contributed by atoms with van der Waals surface area (Å²) in [6.45, 7) is 1.30. The minimum Gasteiger partial charge on any atom is -0.394 e. The van der Waals surface area contributed by atoms with Crippen LogP contribution in [0.25, 0.3) is 5.69 Å². The molecular formula is C14H16FN3O4. The number of ether oxygens (including phenoxy) is 1. The van der Waals surface area contributed by atoms with Crippen molar-refractivity contribution >= 4 is 0 Å². The van der Waals surface area contributed by atoms with E-state index < -0.39 is 31.0 Å². The summed E-state index contributed by atoms with van der Waals surface area (Å²) in [5, 5.41) is 33.1. The van der Waals surface area contributed by atoms with Crippen molar-refractivity contribution < 1.29 is 24.4 Å². The Morgan fingerprint density at radius 2 is 1.91 bits per heavy atom. The van der Waals surface area contributed by atoms with Crippen LogP contribution >= 0.6 is 0 Å². The fraction of sp³-hybridized carbons (Fsp3) is 0.429. The molecule has 1 aromatic carbocycles. The zero-order valence-corrected chi connectivity index (χ0v) is 11.8. The lowest BCUT2D eigenvalue weighted by molar-refractivity contribution is -0.0252. The van der Waals surface area contributed by atoms with Gasteiger partial charge < -0.3 is 20.1 Å². The largest absolute Gasteiger partial charge is 0.394 e. The van der Waals surface area contributed by atoms with Gasteiger partial charge in [-0.3, -0.25) is 0 Å². The number of halogens is 1. The average molecular weight is 309 g/mol. The maximum absolute atomic E-state index is 13.0. The minimum atomic E-state index is -1.22. The molecule has 0 radical (unpaired) electrons. The smallest absolute Gasteiger partial charge is 0.182 e. The molecule has 1 saturated heterocycles.